The van der Waals surface area contributed by atoms with Crippen LogP contribution in [-0.2, 0) is 22.2 Å². The Hall–Kier alpha value is -2.97. The number of carbonyl (C=O) groups excluding carboxylic acids is 2. The highest BCUT2D eigenvalue weighted by Gasteiger charge is 2.37. The smallest absolute Gasteiger partial charge is 0.355 e. The summed E-state index contributed by atoms with van der Waals surface area (Å²) in [5.41, 5.74) is 2.42. The van der Waals surface area contributed by atoms with Crippen LogP contribution in [0.1, 0.15) is 53.5 Å². The lowest BCUT2D eigenvalue weighted by Crippen LogP contribution is -2.34. The highest BCUT2D eigenvalue weighted by atomic mass is 19.4. The van der Waals surface area contributed by atoms with Crippen LogP contribution in [0.2, 0.25) is 0 Å². The van der Waals surface area contributed by atoms with E-state index in [0.717, 1.165) is 35.7 Å². The molecule has 1 aliphatic carbocycles. The molecule has 9 heteroatoms. The number of aromatic nitrogens is 2. The van der Waals surface area contributed by atoms with Crippen LogP contribution in [0.5, 0.6) is 0 Å². The van der Waals surface area contributed by atoms with Gasteiger partial charge in [0.1, 0.15) is 11.5 Å². The molecule has 0 radical (unpaired) electrons. The van der Waals surface area contributed by atoms with Crippen molar-refractivity contribution in [1.82, 2.24) is 15.3 Å². The zero-order chi connectivity index (χ0) is 23.0. The number of hydrogen-bond donors (Lipinski definition) is 1. The van der Waals surface area contributed by atoms with E-state index in [-0.39, 0.29) is 49.5 Å². The van der Waals surface area contributed by atoms with Gasteiger partial charge in [-0.1, -0.05) is 6.07 Å². The van der Waals surface area contributed by atoms with Gasteiger partial charge >= 0.3 is 6.18 Å². The fourth-order valence-corrected chi connectivity index (χ4v) is 3.83. The van der Waals surface area contributed by atoms with Crippen molar-refractivity contribution in [2.24, 2.45) is 5.92 Å². The Kier molecular flexibility index (Phi) is 5.92. The first kappa shape index (κ1) is 22.2. The van der Waals surface area contributed by atoms with E-state index < -0.39 is 17.8 Å². The van der Waals surface area contributed by atoms with Gasteiger partial charge in [-0.25, -0.2) is 9.97 Å². The van der Waals surface area contributed by atoms with E-state index in [2.05, 4.69) is 15.3 Å². The SMILES string of the molecule is Cc1ccc(N2C[C@H](C(=O)NCCc3nc(C4CC4)cc(C(F)(F)F)n3)CC2=O)cc1C. The van der Waals surface area contributed by atoms with Gasteiger partial charge in [-0.05, 0) is 56.0 Å². The Morgan fingerprint density at radius 2 is 1.91 bits per heavy atom. The Labute approximate surface area is 184 Å². The summed E-state index contributed by atoms with van der Waals surface area (Å²) in [6.45, 7) is 4.34. The Bertz CT molecular complexity index is 1050. The number of alkyl halides is 3. The number of nitrogens with zero attached hydrogens (tertiary/aromatic N) is 3. The minimum Gasteiger partial charge on any atom is -0.355 e. The highest BCUT2D eigenvalue weighted by molar-refractivity contribution is 6.00. The lowest BCUT2D eigenvalue weighted by Gasteiger charge is -2.18. The van der Waals surface area contributed by atoms with Crippen LogP contribution >= 0.6 is 0 Å². The van der Waals surface area contributed by atoms with E-state index in [4.69, 9.17) is 0 Å². The molecule has 0 bridgehead atoms. The second-order valence-corrected chi connectivity index (χ2v) is 8.58. The molecule has 2 fully saturated rings. The molecule has 6 nitrogen and oxygen atoms in total. The zero-order valence-corrected chi connectivity index (χ0v) is 18.0. The van der Waals surface area contributed by atoms with Crippen LogP contribution in [0, 0.1) is 19.8 Å². The third kappa shape index (κ3) is 4.92. The van der Waals surface area contributed by atoms with E-state index in [1.807, 2.05) is 32.0 Å². The molecular formula is C23H25F3N4O2. The summed E-state index contributed by atoms with van der Waals surface area (Å²) < 4.78 is 39.5. The molecule has 1 aromatic heterocycles. The molecule has 2 amide bonds. The van der Waals surface area contributed by atoms with Crippen molar-refractivity contribution >= 4 is 17.5 Å². The number of benzene rings is 1. The van der Waals surface area contributed by atoms with Crippen molar-refractivity contribution in [3.63, 3.8) is 0 Å². The maximum atomic E-state index is 13.2. The number of amides is 2. The summed E-state index contributed by atoms with van der Waals surface area (Å²) in [7, 11) is 0. The first-order valence-corrected chi connectivity index (χ1v) is 10.7. The minimum absolute atomic E-state index is 0.0633. The largest absolute Gasteiger partial charge is 0.433 e. The van der Waals surface area contributed by atoms with E-state index in [9.17, 15) is 22.8 Å². The highest BCUT2D eigenvalue weighted by Crippen LogP contribution is 2.40. The molecular weight excluding hydrogens is 421 g/mol. The van der Waals surface area contributed by atoms with Gasteiger partial charge in [0.2, 0.25) is 11.8 Å². The summed E-state index contributed by atoms with van der Waals surface area (Å²) in [5.74, 6) is -0.786. The predicted molar refractivity (Wildman–Crippen MR) is 112 cm³/mol. The van der Waals surface area contributed by atoms with E-state index in [1.165, 1.54) is 0 Å². The molecule has 1 N–H and O–H groups in total. The van der Waals surface area contributed by atoms with Crippen LogP contribution in [0.25, 0.3) is 0 Å². The van der Waals surface area contributed by atoms with Crippen LogP contribution in [0.15, 0.2) is 24.3 Å². The van der Waals surface area contributed by atoms with E-state index in [1.54, 1.807) is 4.90 Å². The van der Waals surface area contributed by atoms with Crippen molar-refractivity contribution in [3.8, 4) is 0 Å². The molecule has 1 aromatic carbocycles. The minimum atomic E-state index is -4.54. The fraction of sp³-hybridized carbons (Fsp3) is 0.478. The van der Waals surface area contributed by atoms with Gasteiger partial charge in [0.15, 0.2) is 0 Å². The van der Waals surface area contributed by atoms with E-state index in [0.29, 0.717) is 5.69 Å². The number of hydrogen-bond acceptors (Lipinski definition) is 4. The van der Waals surface area contributed by atoms with Gasteiger partial charge in [0.05, 0.1) is 5.92 Å². The average Bonchev–Trinajstić information content (AvgIpc) is 3.51. The maximum Gasteiger partial charge on any atom is 0.433 e. The number of anilines is 1. The molecule has 4 rings (SSSR count). The molecule has 2 aliphatic rings. The summed E-state index contributed by atoms with van der Waals surface area (Å²) in [4.78, 5) is 34.5. The van der Waals surface area contributed by atoms with Crippen molar-refractivity contribution < 1.29 is 22.8 Å². The van der Waals surface area contributed by atoms with Crippen molar-refractivity contribution in [2.45, 2.75) is 51.6 Å². The van der Waals surface area contributed by atoms with Crippen molar-refractivity contribution in [3.05, 3.63) is 52.6 Å². The van der Waals surface area contributed by atoms with Gasteiger partial charge in [0.25, 0.3) is 0 Å². The van der Waals surface area contributed by atoms with Gasteiger partial charge in [0, 0.05) is 43.2 Å². The first-order valence-electron chi connectivity index (χ1n) is 10.7. The lowest BCUT2D eigenvalue weighted by atomic mass is 10.1. The Balaban J connectivity index is 1.36. The molecule has 0 spiro atoms. The zero-order valence-electron chi connectivity index (χ0n) is 18.0. The summed E-state index contributed by atoms with van der Waals surface area (Å²) in [5, 5.41) is 2.73. The maximum absolute atomic E-state index is 13.2. The van der Waals surface area contributed by atoms with Crippen molar-refractivity contribution in [2.75, 3.05) is 18.0 Å². The molecule has 2 aromatic rings. The third-order valence-corrected chi connectivity index (χ3v) is 6.02. The van der Waals surface area contributed by atoms with Gasteiger partial charge in [-0.15, -0.1) is 0 Å². The quantitative estimate of drug-likeness (QED) is 0.734. The number of carbonyl (C=O) groups is 2. The Morgan fingerprint density at radius 1 is 1.16 bits per heavy atom. The molecule has 1 saturated heterocycles. The van der Waals surface area contributed by atoms with Gasteiger partial charge in [-0.2, -0.15) is 13.2 Å². The topological polar surface area (TPSA) is 75.2 Å². The fourth-order valence-electron chi connectivity index (χ4n) is 3.83. The molecule has 1 saturated carbocycles. The molecule has 1 aliphatic heterocycles. The summed E-state index contributed by atoms with van der Waals surface area (Å²) in [6, 6.07) is 6.75. The second-order valence-electron chi connectivity index (χ2n) is 8.58. The van der Waals surface area contributed by atoms with Crippen LogP contribution < -0.4 is 10.2 Å². The number of rotatable bonds is 6. The average molecular weight is 446 g/mol. The number of aryl methyl sites for hydroxylation is 2. The third-order valence-electron chi connectivity index (χ3n) is 6.02. The second kappa shape index (κ2) is 8.52. The summed E-state index contributed by atoms with van der Waals surface area (Å²) >= 11 is 0. The molecule has 2 heterocycles. The molecule has 170 valence electrons. The molecule has 1 atom stereocenters. The number of halogens is 3. The number of nitrogens with one attached hydrogen (secondary N) is 1. The Morgan fingerprint density at radius 3 is 2.56 bits per heavy atom. The van der Waals surface area contributed by atoms with Crippen LogP contribution in [0.3, 0.4) is 0 Å². The lowest BCUT2D eigenvalue weighted by molar-refractivity contribution is -0.141. The van der Waals surface area contributed by atoms with Crippen molar-refractivity contribution in [1.29, 1.82) is 0 Å². The summed E-state index contributed by atoms with van der Waals surface area (Å²) in [6.07, 6.45) is -2.68. The van der Waals surface area contributed by atoms with Crippen LogP contribution in [0.4, 0.5) is 18.9 Å². The molecule has 32 heavy (non-hydrogen) atoms. The first-order chi connectivity index (χ1) is 15.1. The van der Waals surface area contributed by atoms with E-state index >= 15 is 0 Å². The van der Waals surface area contributed by atoms with Gasteiger partial charge in [-0.3, -0.25) is 9.59 Å². The van der Waals surface area contributed by atoms with Crippen LogP contribution in [-0.4, -0.2) is 34.9 Å². The standard InChI is InChI=1S/C23H25F3N4O2/c1-13-3-6-17(9-14(13)2)30-12-16(10-21(30)31)22(32)27-8-7-20-28-18(15-4-5-15)11-19(29-20)23(24,25)26/h3,6,9,11,15-16H,4-5,7-8,10,12H2,1-2H3,(H,27,32)/t16-/m1/s1. The predicted octanol–water partition coefficient (Wildman–Crippen LogP) is 3.70. The van der Waals surface area contributed by atoms with Gasteiger partial charge < -0.3 is 10.2 Å². The normalized spacial score (nSPS) is 18.8. The molecule has 0 unspecified atom stereocenters. The monoisotopic (exact) mass is 446 g/mol.